The van der Waals surface area contributed by atoms with E-state index in [2.05, 4.69) is 11.0 Å². The second-order valence-electron chi connectivity index (χ2n) is 4.91. The summed E-state index contributed by atoms with van der Waals surface area (Å²) in [5.41, 5.74) is 7.74. The van der Waals surface area contributed by atoms with Crippen molar-refractivity contribution in [1.29, 1.82) is 5.41 Å². The summed E-state index contributed by atoms with van der Waals surface area (Å²) < 4.78 is 5.69. The van der Waals surface area contributed by atoms with Crippen LogP contribution in [0.2, 0.25) is 0 Å². The van der Waals surface area contributed by atoms with Gasteiger partial charge in [0.05, 0.1) is 11.7 Å². The van der Waals surface area contributed by atoms with E-state index in [4.69, 9.17) is 15.9 Å². The van der Waals surface area contributed by atoms with Crippen LogP contribution in [0, 0.1) is 5.41 Å². The van der Waals surface area contributed by atoms with Gasteiger partial charge >= 0.3 is 0 Å². The van der Waals surface area contributed by atoms with E-state index in [0.29, 0.717) is 6.10 Å². The lowest BCUT2D eigenvalue weighted by atomic mass is 10.0. The van der Waals surface area contributed by atoms with Gasteiger partial charge in [0.15, 0.2) is 0 Å². The number of hydrogen-bond donors (Lipinski definition) is 2. The van der Waals surface area contributed by atoms with Crippen LogP contribution in [0.25, 0.3) is 0 Å². The smallest absolute Gasteiger partial charge is 0.126 e. The summed E-state index contributed by atoms with van der Waals surface area (Å²) >= 11 is 1.64. The molecule has 1 saturated heterocycles. The molecule has 2 rings (SSSR count). The van der Waals surface area contributed by atoms with Crippen molar-refractivity contribution in [3.8, 4) is 0 Å². The zero-order valence-corrected chi connectivity index (χ0v) is 13.0. The molecular formula is C15H23N3OS. The fourth-order valence-electron chi connectivity index (χ4n) is 2.72. The van der Waals surface area contributed by atoms with E-state index in [1.807, 2.05) is 25.3 Å². The Labute approximate surface area is 125 Å². The highest BCUT2D eigenvalue weighted by Crippen LogP contribution is 2.31. The maximum absolute atomic E-state index is 7.86. The van der Waals surface area contributed by atoms with Gasteiger partial charge in [-0.15, -0.1) is 11.8 Å². The van der Waals surface area contributed by atoms with E-state index in [9.17, 15) is 0 Å². The van der Waals surface area contributed by atoms with Crippen molar-refractivity contribution >= 4 is 23.3 Å². The molecule has 1 aliphatic rings. The fraction of sp³-hybridized carbons (Fsp3) is 0.533. The largest absolute Gasteiger partial charge is 0.384 e. The number of anilines is 1. The van der Waals surface area contributed by atoms with Crippen LogP contribution >= 0.6 is 11.8 Å². The van der Waals surface area contributed by atoms with Crippen molar-refractivity contribution < 1.29 is 4.74 Å². The molecule has 0 amide bonds. The first-order valence-electron chi connectivity index (χ1n) is 7.05. The van der Waals surface area contributed by atoms with E-state index >= 15 is 0 Å². The van der Waals surface area contributed by atoms with Gasteiger partial charge in [0.25, 0.3) is 0 Å². The summed E-state index contributed by atoms with van der Waals surface area (Å²) in [5.74, 6) is 0.150. The number of rotatable bonds is 5. The molecule has 3 N–H and O–H groups in total. The van der Waals surface area contributed by atoms with Gasteiger partial charge in [-0.2, -0.15) is 0 Å². The lowest BCUT2D eigenvalue weighted by Gasteiger charge is -2.34. The third-order valence-electron chi connectivity index (χ3n) is 3.68. The highest BCUT2D eigenvalue weighted by atomic mass is 32.2. The lowest BCUT2D eigenvalue weighted by Crippen LogP contribution is -2.38. The SMILES string of the molecule is CCOC1CCN(c2cccc(SC)c2C(=N)N)CC1. The summed E-state index contributed by atoms with van der Waals surface area (Å²) in [6.07, 6.45) is 4.47. The zero-order chi connectivity index (χ0) is 14.5. The van der Waals surface area contributed by atoms with E-state index in [0.717, 1.165) is 48.7 Å². The molecule has 0 unspecified atom stereocenters. The van der Waals surface area contributed by atoms with Gasteiger partial charge in [0, 0.05) is 30.3 Å². The highest BCUT2D eigenvalue weighted by molar-refractivity contribution is 7.98. The number of nitrogen functional groups attached to an aromatic ring is 1. The van der Waals surface area contributed by atoms with Crippen molar-refractivity contribution in [1.82, 2.24) is 0 Å². The maximum Gasteiger partial charge on any atom is 0.126 e. The lowest BCUT2D eigenvalue weighted by molar-refractivity contribution is 0.0459. The minimum Gasteiger partial charge on any atom is -0.384 e. The minimum absolute atomic E-state index is 0.150. The van der Waals surface area contributed by atoms with Gasteiger partial charge in [-0.25, -0.2) is 0 Å². The van der Waals surface area contributed by atoms with Gasteiger partial charge in [-0.1, -0.05) is 6.07 Å². The number of nitrogens with two attached hydrogens (primary N) is 1. The van der Waals surface area contributed by atoms with Crippen LogP contribution in [-0.2, 0) is 4.74 Å². The first-order valence-corrected chi connectivity index (χ1v) is 8.27. The van der Waals surface area contributed by atoms with Gasteiger partial charge in [0.2, 0.25) is 0 Å². The molecule has 0 atom stereocenters. The number of benzene rings is 1. The van der Waals surface area contributed by atoms with Crippen molar-refractivity contribution in [3.63, 3.8) is 0 Å². The summed E-state index contributed by atoms with van der Waals surface area (Å²) in [4.78, 5) is 3.40. The van der Waals surface area contributed by atoms with Crippen molar-refractivity contribution in [3.05, 3.63) is 23.8 Å². The number of hydrogen-bond acceptors (Lipinski definition) is 4. The molecule has 0 spiro atoms. The van der Waals surface area contributed by atoms with Gasteiger partial charge < -0.3 is 15.4 Å². The molecule has 110 valence electrons. The second kappa shape index (κ2) is 6.99. The third-order valence-corrected chi connectivity index (χ3v) is 4.46. The van der Waals surface area contributed by atoms with Crippen LogP contribution < -0.4 is 10.6 Å². The second-order valence-corrected chi connectivity index (χ2v) is 5.76. The number of piperidine rings is 1. The summed E-state index contributed by atoms with van der Waals surface area (Å²) in [6.45, 7) is 4.75. The number of nitrogens with one attached hydrogen (secondary N) is 1. The predicted molar refractivity (Wildman–Crippen MR) is 86.1 cm³/mol. The number of thioether (sulfide) groups is 1. The Morgan fingerprint density at radius 1 is 1.45 bits per heavy atom. The average molecular weight is 293 g/mol. The molecule has 1 fully saturated rings. The molecule has 4 nitrogen and oxygen atoms in total. The first-order chi connectivity index (χ1) is 9.67. The monoisotopic (exact) mass is 293 g/mol. The Balaban J connectivity index is 2.19. The Bertz CT molecular complexity index is 470. The topological polar surface area (TPSA) is 62.3 Å². The molecule has 20 heavy (non-hydrogen) atoms. The van der Waals surface area contributed by atoms with Crippen molar-refractivity contribution in [2.75, 3.05) is 30.9 Å². The summed E-state index contributed by atoms with van der Waals surface area (Å²) in [5, 5.41) is 7.86. The van der Waals surface area contributed by atoms with E-state index < -0.39 is 0 Å². The fourth-order valence-corrected chi connectivity index (χ4v) is 3.36. The maximum atomic E-state index is 7.86. The minimum atomic E-state index is 0.150. The van der Waals surface area contributed by atoms with Crippen LogP contribution in [-0.4, -0.2) is 37.9 Å². The van der Waals surface area contributed by atoms with Crippen molar-refractivity contribution in [2.24, 2.45) is 5.73 Å². The van der Waals surface area contributed by atoms with Gasteiger partial charge in [-0.05, 0) is 38.2 Å². The number of amidine groups is 1. The molecule has 0 bridgehead atoms. The number of ether oxygens (including phenoxy) is 1. The third kappa shape index (κ3) is 3.27. The standard InChI is InChI=1S/C15H23N3OS/c1-3-19-11-7-9-18(10-8-11)12-5-4-6-13(20-2)14(12)15(16)17/h4-6,11H,3,7-10H2,1-2H3,(H3,16,17). The first kappa shape index (κ1) is 15.2. The van der Waals surface area contributed by atoms with Crippen molar-refractivity contribution in [2.45, 2.75) is 30.8 Å². The van der Waals surface area contributed by atoms with Crippen LogP contribution in [0.15, 0.2) is 23.1 Å². The number of nitrogens with zero attached hydrogens (tertiary/aromatic N) is 1. The Morgan fingerprint density at radius 3 is 2.70 bits per heavy atom. The van der Waals surface area contributed by atoms with Crippen LogP contribution in [0.5, 0.6) is 0 Å². The summed E-state index contributed by atoms with van der Waals surface area (Å²) in [7, 11) is 0. The van der Waals surface area contributed by atoms with Crippen LogP contribution in [0.3, 0.4) is 0 Å². The molecule has 0 aromatic heterocycles. The Hall–Kier alpha value is -1.20. The van der Waals surface area contributed by atoms with Gasteiger partial charge in [-0.3, -0.25) is 5.41 Å². The zero-order valence-electron chi connectivity index (χ0n) is 12.2. The molecule has 1 aromatic carbocycles. The molecule has 1 aromatic rings. The molecule has 5 heteroatoms. The van der Waals surface area contributed by atoms with E-state index in [-0.39, 0.29) is 5.84 Å². The molecular weight excluding hydrogens is 270 g/mol. The molecule has 0 radical (unpaired) electrons. The predicted octanol–water partition coefficient (Wildman–Crippen LogP) is 2.70. The highest BCUT2D eigenvalue weighted by Gasteiger charge is 2.22. The molecule has 1 aliphatic heterocycles. The molecule has 0 saturated carbocycles. The summed E-state index contributed by atoms with van der Waals surface area (Å²) in [6, 6.07) is 6.14. The average Bonchev–Trinajstić information content (AvgIpc) is 2.47. The van der Waals surface area contributed by atoms with E-state index in [1.165, 1.54) is 0 Å². The Morgan fingerprint density at radius 2 is 2.15 bits per heavy atom. The normalized spacial score (nSPS) is 16.4. The van der Waals surface area contributed by atoms with Crippen LogP contribution in [0.4, 0.5) is 5.69 Å². The molecule has 0 aliphatic carbocycles. The quantitative estimate of drug-likeness (QED) is 0.498. The van der Waals surface area contributed by atoms with Gasteiger partial charge in [0.1, 0.15) is 5.84 Å². The Kier molecular flexibility index (Phi) is 5.31. The molecule has 1 heterocycles. The van der Waals surface area contributed by atoms with E-state index in [1.54, 1.807) is 11.8 Å². The van der Waals surface area contributed by atoms with Crippen LogP contribution in [0.1, 0.15) is 25.3 Å².